The van der Waals surface area contributed by atoms with Crippen LogP contribution in [0.15, 0.2) is 60.7 Å². The zero-order valence-corrected chi connectivity index (χ0v) is 14.2. The van der Waals surface area contributed by atoms with Crippen LogP contribution >= 0.6 is 0 Å². The average molecular weight is 323 g/mol. The number of nitrogens with one attached hydrogen (secondary N) is 1. The third kappa shape index (κ3) is 4.22. The number of carbonyl (C=O) groups excluding carboxylic acids is 1. The number of hydrogen-bond donors (Lipinski definition) is 1. The molecule has 3 rings (SSSR count). The van der Waals surface area contributed by atoms with Gasteiger partial charge in [0.2, 0.25) is 5.91 Å². The summed E-state index contributed by atoms with van der Waals surface area (Å²) < 4.78 is 0. The SMILES string of the molecule is CNC(=O)C1CN(Cc2ccccc2)CCN1Cc1ccccc1. The monoisotopic (exact) mass is 323 g/mol. The lowest BCUT2D eigenvalue weighted by Gasteiger charge is -2.40. The second-order valence-corrected chi connectivity index (χ2v) is 6.31. The van der Waals surface area contributed by atoms with Gasteiger partial charge in [-0.2, -0.15) is 0 Å². The van der Waals surface area contributed by atoms with Gasteiger partial charge in [-0.15, -0.1) is 0 Å². The lowest BCUT2D eigenvalue weighted by molar-refractivity contribution is -0.128. The van der Waals surface area contributed by atoms with E-state index in [0.29, 0.717) is 0 Å². The first-order valence-electron chi connectivity index (χ1n) is 8.52. The molecular weight excluding hydrogens is 298 g/mol. The standard InChI is InChI=1S/C20H25N3O/c1-21-20(24)19-16-22(14-17-8-4-2-5-9-17)12-13-23(19)15-18-10-6-3-7-11-18/h2-11,19H,12-16H2,1H3,(H,21,24). The third-order valence-electron chi connectivity index (χ3n) is 4.60. The van der Waals surface area contributed by atoms with Crippen LogP contribution in [0.1, 0.15) is 11.1 Å². The number of hydrogen-bond acceptors (Lipinski definition) is 3. The van der Waals surface area contributed by atoms with Crippen LogP contribution < -0.4 is 5.32 Å². The summed E-state index contributed by atoms with van der Waals surface area (Å²) in [5.74, 6) is 0.101. The minimum Gasteiger partial charge on any atom is -0.358 e. The van der Waals surface area contributed by atoms with Gasteiger partial charge in [0, 0.05) is 39.8 Å². The van der Waals surface area contributed by atoms with Crippen molar-refractivity contribution in [1.82, 2.24) is 15.1 Å². The highest BCUT2D eigenvalue weighted by atomic mass is 16.2. The lowest BCUT2D eigenvalue weighted by Crippen LogP contribution is -2.57. The summed E-state index contributed by atoms with van der Waals surface area (Å²) in [5.41, 5.74) is 2.55. The van der Waals surface area contributed by atoms with E-state index < -0.39 is 0 Å². The molecule has 0 aliphatic carbocycles. The number of piperazine rings is 1. The Balaban J connectivity index is 1.67. The molecule has 1 saturated heterocycles. The molecule has 0 aromatic heterocycles. The number of rotatable bonds is 5. The Hall–Kier alpha value is -2.17. The van der Waals surface area contributed by atoms with Crippen molar-refractivity contribution >= 4 is 5.91 Å². The average Bonchev–Trinajstić information content (AvgIpc) is 2.64. The van der Waals surface area contributed by atoms with Gasteiger partial charge in [-0.05, 0) is 11.1 Å². The fourth-order valence-electron chi connectivity index (χ4n) is 3.28. The maximum atomic E-state index is 12.4. The first kappa shape index (κ1) is 16.7. The Morgan fingerprint density at radius 2 is 1.54 bits per heavy atom. The fourth-order valence-corrected chi connectivity index (χ4v) is 3.28. The van der Waals surface area contributed by atoms with Crippen molar-refractivity contribution < 1.29 is 4.79 Å². The van der Waals surface area contributed by atoms with Gasteiger partial charge in [-0.1, -0.05) is 60.7 Å². The van der Waals surface area contributed by atoms with Crippen molar-refractivity contribution in [3.8, 4) is 0 Å². The van der Waals surface area contributed by atoms with Crippen LogP contribution in [0.5, 0.6) is 0 Å². The van der Waals surface area contributed by atoms with Crippen LogP contribution in [0.25, 0.3) is 0 Å². The molecule has 4 heteroatoms. The van der Waals surface area contributed by atoms with Gasteiger partial charge in [0.05, 0.1) is 0 Å². The Labute approximate surface area is 144 Å². The van der Waals surface area contributed by atoms with Gasteiger partial charge in [0.1, 0.15) is 6.04 Å². The lowest BCUT2D eigenvalue weighted by atomic mass is 10.1. The molecule has 0 spiro atoms. The van der Waals surface area contributed by atoms with Crippen LogP contribution in [-0.4, -0.2) is 48.4 Å². The Morgan fingerprint density at radius 1 is 0.958 bits per heavy atom. The molecule has 0 bridgehead atoms. The maximum absolute atomic E-state index is 12.4. The second-order valence-electron chi connectivity index (χ2n) is 6.31. The molecule has 1 N–H and O–H groups in total. The van der Waals surface area contributed by atoms with Crippen molar-refractivity contribution in [2.24, 2.45) is 0 Å². The molecule has 126 valence electrons. The van der Waals surface area contributed by atoms with Crippen LogP contribution in [0.2, 0.25) is 0 Å². The Kier molecular flexibility index (Phi) is 5.62. The van der Waals surface area contributed by atoms with E-state index in [1.54, 1.807) is 7.05 Å². The van der Waals surface area contributed by atoms with Gasteiger partial charge in [-0.25, -0.2) is 0 Å². The largest absolute Gasteiger partial charge is 0.358 e. The summed E-state index contributed by atoms with van der Waals surface area (Å²) in [4.78, 5) is 17.0. The van der Waals surface area contributed by atoms with Crippen LogP contribution in [0.4, 0.5) is 0 Å². The van der Waals surface area contributed by atoms with Gasteiger partial charge >= 0.3 is 0 Å². The zero-order valence-electron chi connectivity index (χ0n) is 14.2. The summed E-state index contributed by atoms with van der Waals surface area (Å²) in [6, 6.07) is 20.7. The van der Waals surface area contributed by atoms with Gasteiger partial charge in [0.15, 0.2) is 0 Å². The van der Waals surface area contributed by atoms with E-state index >= 15 is 0 Å². The van der Waals surface area contributed by atoms with E-state index in [2.05, 4.69) is 63.6 Å². The van der Waals surface area contributed by atoms with Crippen LogP contribution in [0, 0.1) is 0 Å². The van der Waals surface area contributed by atoms with Crippen molar-refractivity contribution in [1.29, 1.82) is 0 Å². The summed E-state index contributed by atoms with van der Waals surface area (Å²) in [7, 11) is 1.72. The highest BCUT2D eigenvalue weighted by Crippen LogP contribution is 2.16. The van der Waals surface area contributed by atoms with Crippen molar-refractivity contribution in [3.63, 3.8) is 0 Å². The highest BCUT2D eigenvalue weighted by molar-refractivity contribution is 5.81. The minimum atomic E-state index is -0.104. The first-order chi connectivity index (χ1) is 11.8. The third-order valence-corrected chi connectivity index (χ3v) is 4.60. The first-order valence-corrected chi connectivity index (χ1v) is 8.52. The van der Waals surface area contributed by atoms with E-state index in [1.807, 2.05) is 12.1 Å². The molecule has 2 aromatic carbocycles. The minimum absolute atomic E-state index is 0.101. The molecule has 1 aliphatic heterocycles. The topological polar surface area (TPSA) is 35.6 Å². The summed E-state index contributed by atoms with van der Waals surface area (Å²) >= 11 is 0. The predicted octanol–water partition coefficient (Wildman–Crippen LogP) is 2.12. The van der Waals surface area contributed by atoms with E-state index in [-0.39, 0.29) is 11.9 Å². The van der Waals surface area contributed by atoms with Gasteiger partial charge < -0.3 is 5.32 Å². The molecule has 1 amide bonds. The Morgan fingerprint density at radius 3 is 2.12 bits per heavy atom. The number of likely N-dealkylation sites (N-methyl/N-ethyl adjacent to an activating group) is 1. The number of nitrogens with zero attached hydrogens (tertiary/aromatic N) is 2. The molecule has 2 aromatic rings. The molecule has 0 radical (unpaired) electrons. The number of carbonyl (C=O) groups is 1. The molecule has 0 saturated carbocycles. The van der Waals surface area contributed by atoms with E-state index in [1.165, 1.54) is 11.1 Å². The van der Waals surface area contributed by atoms with Crippen molar-refractivity contribution in [2.45, 2.75) is 19.1 Å². The highest BCUT2D eigenvalue weighted by Gasteiger charge is 2.31. The van der Waals surface area contributed by atoms with E-state index in [4.69, 9.17) is 0 Å². The smallest absolute Gasteiger partial charge is 0.238 e. The van der Waals surface area contributed by atoms with Gasteiger partial charge in [0.25, 0.3) is 0 Å². The molecular formula is C20H25N3O. The van der Waals surface area contributed by atoms with E-state index in [9.17, 15) is 4.79 Å². The molecule has 4 nitrogen and oxygen atoms in total. The summed E-state index contributed by atoms with van der Waals surface area (Å²) in [6.45, 7) is 4.36. The normalized spacial score (nSPS) is 19.1. The van der Waals surface area contributed by atoms with Gasteiger partial charge in [-0.3, -0.25) is 14.6 Å². The molecule has 1 atom stereocenters. The number of benzene rings is 2. The quantitative estimate of drug-likeness (QED) is 0.915. The van der Waals surface area contributed by atoms with Crippen molar-refractivity contribution in [3.05, 3.63) is 71.8 Å². The van der Waals surface area contributed by atoms with E-state index in [0.717, 1.165) is 32.7 Å². The van der Waals surface area contributed by atoms with Crippen LogP contribution in [0.3, 0.4) is 0 Å². The van der Waals surface area contributed by atoms with Crippen molar-refractivity contribution in [2.75, 3.05) is 26.7 Å². The summed E-state index contributed by atoms with van der Waals surface area (Å²) in [6.07, 6.45) is 0. The molecule has 1 fully saturated rings. The second kappa shape index (κ2) is 8.08. The predicted molar refractivity (Wildman–Crippen MR) is 96.4 cm³/mol. The summed E-state index contributed by atoms with van der Waals surface area (Å²) in [5, 5.41) is 2.83. The maximum Gasteiger partial charge on any atom is 0.238 e. The zero-order chi connectivity index (χ0) is 16.8. The molecule has 1 heterocycles. The van der Waals surface area contributed by atoms with Crippen LogP contribution in [-0.2, 0) is 17.9 Å². The molecule has 24 heavy (non-hydrogen) atoms. The number of amides is 1. The fraction of sp³-hybridized carbons (Fsp3) is 0.350. The Bertz CT molecular complexity index is 644. The molecule has 1 unspecified atom stereocenters. The molecule has 1 aliphatic rings.